The van der Waals surface area contributed by atoms with Crippen molar-refractivity contribution in [3.8, 4) is 0 Å². The van der Waals surface area contributed by atoms with Crippen LogP contribution >= 0.6 is 0 Å². The third-order valence-electron chi connectivity index (χ3n) is 4.84. The van der Waals surface area contributed by atoms with Gasteiger partial charge in [0.15, 0.2) is 0 Å². The number of anilines is 1. The van der Waals surface area contributed by atoms with Crippen LogP contribution in [0.1, 0.15) is 23.7 Å². The number of nitrogens with one attached hydrogen (secondary N) is 1. The molecule has 1 aromatic rings. The van der Waals surface area contributed by atoms with Crippen LogP contribution in [0.2, 0.25) is 0 Å². The van der Waals surface area contributed by atoms with Crippen LogP contribution < -0.4 is 16.0 Å². The number of aromatic nitrogens is 1. The van der Waals surface area contributed by atoms with E-state index in [-0.39, 0.29) is 18.0 Å². The van der Waals surface area contributed by atoms with E-state index in [1.165, 1.54) is 0 Å². The van der Waals surface area contributed by atoms with Crippen molar-refractivity contribution in [1.29, 1.82) is 0 Å². The molecule has 0 aromatic carbocycles. The lowest BCUT2D eigenvalue weighted by Crippen LogP contribution is -2.54. The largest absolute Gasteiger partial charge is 0.365 e. The summed E-state index contributed by atoms with van der Waals surface area (Å²) in [5, 5.41) is 2.94. The molecule has 0 unspecified atom stereocenters. The average Bonchev–Trinajstić information content (AvgIpc) is 3.01. The number of likely N-dealkylation sites (N-methyl/N-ethyl adjacent to an activating group) is 1. The second kappa shape index (κ2) is 7.59. The summed E-state index contributed by atoms with van der Waals surface area (Å²) < 4.78 is 0. The number of piperazine rings is 1. The molecule has 3 rings (SSSR count). The molecule has 1 atom stereocenters. The molecule has 2 aliphatic rings. The third-order valence-corrected chi connectivity index (χ3v) is 4.84. The van der Waals surface area contributed by atoms with Crippen LogP contribution in [0.4, 0.5) is 10.6 Å². The normalized spacial score (nSPS) is 20.4. The Hall–Kier alpha value is -2.84. The fraction of sp³-hybridized carbons (Fsp3) is 0.529. The van der Waals surface area contributed by atoms with Crippen molar-refractivity contribution >= 4 is 23.7 Å². The minimum atomic E-state index is -0.514. The summed E-state index contributed by atoms with van der Waals surface area (Å²) in [6.45, 7) is 5.31. The van der Waals surface area contributed by atoms with Crippen LogP contribution in [-0.4, -0.2) is 77.9 Å². The number of hydrogen-bond donors (Lipinski definition) is 2. The summed E-state index contributed by atoms with van der Waals surface area (Å²) in [6.07, 6.45) is 1.98. The zero-order valence-corrected chi connectivity index (χ0v) is 14.9. The van der Waals surface area contributed by atoms with E-state index >= 15 is 0 Å². The predicted octanol–water partition coefficient (Wildman–Crippen LogP) is -0.367. The topological polar surface area (TPSA) is 112 Å². The molecule has 2 saturated heterocycles. The number of hydrogen-bond acceptors (Lipinski definition) is 5. The maximum Gasteiger partial charge on any atom is 0.317 e. The number of rotatable bonds is 4. The molecule has 2 fully saturated rings. The summed E-state index contributed by atoms with van der Waals surface area (Å²) in [5.74, 6) is 0.122. The van der Waals surface area contributed by atoms with Gasteiger partial charge in [-0.25, -0.2) is 9.78 Å². The first-order chi connectivity index (χ1) is 12.5. The second-order valence-corrected chi connectivity index (χ2v) is 6.50. The minimum absolute atomic E-state index is 0.0803. The number of likely N-dealkylation sites (tertiary alicyclic amines) is 1. The van der Waals surface area contributed by atoms with Gasteiger partial charge in [0, 0.05) is 51.9 Å². The van der Waals surface area contributed by atoms with Gasteiger partial charge in [-0.1, -0.05) is 0 Å². The second-order valence-electron chi connectivity index (χ2n) is 6.50. The Morgan fingerprint density at radius 2 is 2.04 bits per heavy atom. The molecular weight excluding hydrogens is 336 g/mol. The van der Waals surface area contributed by atoms with Gasteiger partial charge in [-0.3, -0.25) is 9.59 Å². The van der Waals surface area contributed by atoms with Gasteiger partial charge in [0.1, 0.15) is 5.82 Å². The number of primary amides is 1. The average molecular weight is 360 g/mol. The summed E-state index contributed by atoms with van der Waals surface area (Å²) in [5.41, 5.74) is 5.79. The Balaban J connectivity index is 1.55. The maximum atomic E-state index is 12.5. The van der Waals surface area contributed by atoms with Crippen molar-refractivity contribution in [2.24, 2.45) is 5.73 Å². The predicted molar refractivity (Wildman–Crippen MR) is 95.7 cm³/mol. The van der Waals surface area contributed by atoms with E-state index < -0.39 is 5.91 Å². The quantitative estimate of drug-likeness (QED) is 0.761. The van der Waals surface area contributed by atoms with E-state index in [1.807, 2.05) is 11.8 Å². The molecule has 0 spiro atoms. The number of carbonyl (C=O) groups is 3. The lowest BCUT2D eigenvalue weighted by molar-refractivity contribution is -0.127. The fourth-order valence-corrected chi connectivity index (χ4v) is 3.40. The highest BCUT2D eigenvalue weighted by molar-refractivity contribution is 5.97. The van der Waals surface area contributed by atoms with E-state index in [0.29, 0.717) is 57.1 Å². The molecule has 0 radical (unpaired) electrons. The van der Waals surface area contributed by atoms with Gasteiger partial charge in [-0.15, -0.1) is 0 Å². The Kier molecular flexibility index (Phi) is 5.24. The van der Waals surface area contributed by atoms with Crippen molar-refractivity contribution in [2.75, 3.05) is 44.2 Å². The van der Waals surface area contributed by atoms with E-state index in [9.17, 15) is 14.4 Å². The summed E-state index contributed by atoms with van der Waals surface area (Å²) in [6, 6.07) is 3.04. The Bertz CT molecular complexity index is 701. The Morgan fingerprint density at radius 3 is 2.65 bits per heavy atom. The highest BCUT2D eigenvalue weighted by atomic mass is 16.2. The van der Waals surface area contributed by atoms with Gasteiger partial charge in [-0.05, 0) is 19.1 Å². The zero-order chi connectivity index (χ0) is 18.7. The van der Waals surface area contributed by atoms with Crippen LogP contribution in [0.25, 0.3) is 0 Å². The van der Waals surface area contributed by atoms with E-state index in [2.05, 4.69) is 10.3 Å². The van der Waals surface area contributed by atoms with Crippen LogP contribution in [0.3, 0.4) is 0 Å². The molecule has 9 nitrogen and oxygen atoms in total. The molecule has 0 saturated carbocycles. The molecule has 2 aliphatic heterocycles. The third kappa shape index (κ3) is 3.71. The van der Waals surface area contributed by atoms with Crippen molar-refractivity contribution in [1.82, 2.24) is 20.1 Å². The maximum absolute atomic E-state index is 12.5. The molecule has 9 heteroatoms. The van der Waals surface area contributed by atoms with Gasteiger partial charge in [0.25, 0.3) is 5.91 Å². The molecule has 140 valence electrons. The minimum Gasteiger partial charge on any atom is -0.365 e. The molecule has 3 heterocycles. The van der Waals surface area contributed by atoms with Gasteiger partial charge >= 0.3 is 6.03 Å². The molecule has 0 aliphatic carbocycles. The van der Waals surface area contributed by atoms with Gasteiger partial charge in [0.05, 0.1) is 11.6 Å². The Morgan fingerprint density at radius 1 is 1.31 bits per heavy atom. The zero-order valence-electron chi connectivity index (χ0n) is 14.9. The van der Waals surface area contributed by atoms with E-state index in [0.717, 1.165) is 0 Å². The van der Waals surface area contributed by atoms with Crippen LogP contribution in [0.5, 0.6) is 0 Å². The number of urea groups is 1. The molecule has 3 N–H and O–H groups in total. The number of nitrogens with zero attached hydrogens (tertiary/aromatic N) is 4. The number of amides is 4. The van der Waals surface area contributed by atoms with Crippen LogP contribution in [0, 0.1) is 0 Å². The first kappa shape index (κ1) is 18.0. The summed E-state index contributed by atoms with van der Waals surface area (Å²) >= 11 is 0. The van der Waals surface area contributed by atoms with Crippen molar-refractivity contribution < 1.29 is 14.4 Å². The number of nitrogens with two attached hydrogens (primary N) is 1. The SMILES string of the molecule is CCN1C[C@H](NC(=O)N2CCN(c3ncccc3C(N)=O)CC2)CC1=O. The molecular formula is C17H24N6O3. The van der Waals surface area contributed by atoms with Crippen LogP contribution in [0.15, 0.2) is 18.3 Å². The lowest BCUT2D eigenvalue weighted by Gasteiger charge is -2.36. The lowest BCUT2D eigenvalue weighted by atomic mass is 10.2. The highest BCUT2D eigenvalue weighted by Crippen LogP contribution is 2.19. The number of pyridine rings is 1. The van der Waals surface area contributed by atoms with Gasteiger partial charge in [0.2, 0.25) is 5.91 Å². The number of carbonyl (C=O) groups excluding carboxylic acids is 3. The molecule has 26 heavy (non-hydrogen) atoms. The first-order valence-corrected chi connectivity index (χ1v) is 8.82. The van der Waals surface area contributed by atoms with E-state index in [4.69, 9.17) is 5.73 Å². The standard InChI is InChI=1S/C17H24N6O3/c1-2-21-11-12(10-14(21)24)20-17(26)23-8-6-22(7-9-23)16-13(15(18)25)4-3-5-19-16/h3-5,12H,2,6-11H2,1H3,(H2,18,25)(H,20,26)/t12-/m1/s1. The molecule has 4 amide bonds. The van der Waals surface area contributed by atoms with Crippen molar-refractivity contribution in [2.45, 2.75) is 19.4 Å². The Labute approximate surface area is 152 Å². The summed E-state index contributed by atoms with van der Waals surface area (Å²) in [4.78, 5) is 45.5. The van der Waals surface area contributed by atoms with Gasteiger partial charge < -0.3 is 25.8 Å². The molecule has 1 aromatic heterocycles. The van der Waals surface area contributed by atoms with Crippen molar-refractivity contribution in [3.05, 3.63) is 23.9 Å². The van der Waals surface area contributed by atoms with Crippen molar-refractivity contribution in [3.63, 3.8) is 0 Å². The fourth-order valence-electron chi connectivity index (χ4n) is 3.40. The van der Waals surface area contributed by atoms with Crippen LogP contribution in [-0.2, 0) is 4.79 Å². The smallest absolute Gasteiger partial charge is 0.317 e. The molecule has 0 bridgehead atoms. The first-order valence-electron chi connectivity index (χ1n) is 8.82. The summed E-state index contributed by atoms with van der Waals surface area (Å²) in [7, 11) is 0. The monoisotopic (exact) mass is 360 g/mol. The van der Waals surface area contributed by atoms with E-state index in [1.54, 1.807) is 28.1 Å². The highest BCUT2D eigenvalue weighted by Gasteiger charge is 2.31. The van der Waals surface area contributed by atoms with Gasteiger partial charge in [-0.2, -0.15) is 0 Å².